The second kappa shape index (κ2) is 7.58. The highest BCUT2D eigenvalue weighted by atomic mass is 32.2. The molecule has 0 amide bonds. The van der Waals surface area contributed by atoms with Gasteiger partial charge in [0.15, 0.2) is 11.0 Å². The lowest BCUT2D eigenvalue weighted by Gasteiger charge is -2.17. The van der Waals surface area contributed by atoms with Crippen LogP contribution in [0, 0.1) is 0 Å². The van der Waals surface area contributed by atoms with Crippen LogP contribution >= 0.6 is 23.1 Å². The molecule has 0 radical (unpaired) electrons. The van der Waals surface area contributed by atoms with Gasteiger partial charge in [-0.25, -0.2) is 0 Å². The lowest BCUT2D eigenvalue weighted by molar-refractivity contribution is -0.133. The van der Waals surface area contributed by atoms with Gasteiger partial charge in [-0.15, -0.1) is 21.5 Å². The molecule has 0 fully saturated rings. The highest BCUT2D eigenvalue weighted by molar-refractivity contribution is 7.99. The molecular formula is C13H17N3O3S2. The number of ether oxygens (including phenoxy) is 1. The fourth-order valence-corrected chi connectivity index (χ4v) is 3.35. The summed E-state index contributed by atoms with van der Waals surface area (Å²) in [5.74, 6) is -0.113. The highest BCUT2D eigenvalue weighted by Crippen LogP contribution is 2.31. The van der Waals surface area contributed by atoms with E-state index in [4.69, 9.17) is 9.84 Å². The maximum Gasteiger partial charge on any atom is 0.313 e. The van der Waals surface area contributed by atoms with Crippen LogP contribution in [0.4, 0.5) is 0 Å². The van der Waals surface area contributed by atoms with Gasteiger partial charge in [0.25, 0.3) is 0 Å². The van der Waals surface area contributed by atoms with E-state index >= 15 is 0 Å². The lowest BCUT2D eigenvalue weighted by Crippen LogP contribution is -2.11. The third kappa shape index (κ3) is 4.05. The van der Waals surface area contributed by atoms with Crippen LogP contribution in [0.3, 0.4) is 0 Å². The molecule has 0 spiro atoms. The molecule has 2 rings (SSSR count). The zero-order valence-electron chi connectivity index (χ0n) is 11.9. The Hall–Kier alpha value is -1.38. The third-order valence-electron chi connectivity index (χ3n) is 2.91. The topological polar surface area (TPSA) is 77.2 Å². The number of nitrogens with zero attached hydrogens (tertiary/aromatic N) is 3. The predicted octanol–water partition coefficient (Wildman–Crippen LogP) is 2.78. The molecule has 8 heteroatoms. The van der Waals surface area contributed by atoms with E-state index < -0.39 is 5.97 Å². The molecular weight excluding hydrogens is 310 g/mol. The minimum Gasteiger partial charge on any atom is -0.481 e. The van der Waals surface area contributed by atoms with Gasteiger partial charge >= 0.3 is 5.97 Å². The monoisotopic (exact) mass is 327 g/mol. The van der Waals surface area contributed by atoms with E-state index in [0.29, 0.717) is 11.8 Å². The number of hydrogen-bond acceptors (Lipinski definition) is 6. The third-order valence-corrected chi connectivity index (χ3v) is 4.71. The fraction of sp³-hybridized carbons (Fsp3) is 0.462. The van der Waals surface area contributed by atoms with Crippen molar-refractivity contribution in [2.75, 3.05) is 19.5 Å². The molecule has 2 aromatic heterocycles. The maximum atomic E-state index is 10.8. The van der Waals surface area contributed by atoms with Crippen LogP contribution in [0.1, 0.15) is 19.4 Å². The van der Waals surface area contributed by atoms with E-state index in [-0.39, 0.29) is 11.8 Å². The van der Waals surface area contributed by atoms with E-state index in [1.54, 1.807) is 18.4 Å². The van der Waals surface area contributed by atoms with E-state index in [1.165, 1.54) is 11.8 Å². The zero-order chi connectivity index (χ0) is 15.2. The Bertz CT molecular complexity index is 584. The largest absolute Gasteiger partial charge is 0.481 e. The zero-order valence-corrected chi connectivity index (χ0v) is 13.5. The minimum atomic E-state index is -0.864. The predicted molar refractivity (Wildman–Crippen MR) is 82.9 cm³/mol. The summed E-state index contributed by atoms with van der Waals surface area (Å²) < 4.78 is 7.13. The van der Waals surface area contributed by atoms with Gasteiger partial charge in [0.1, 0.15) is 0 Å². The number of aliphatic carboxylic acids is 1. The maximum absolute atomic E-state index is 10.8. The summed E-state index contributed by atoms with van der Waals surface area (Å²) in [7, 11) is 1.67. The van der Waals surface area contributed by atoms with Gasteiger partial charge in [-0.05, 0) is 24.8 Å². The number of aromatic nitrogens is 3. The van der Waals surface area contributed by atoms with Crippen molar-refractivity contribution < 1.29 is 14.6 Å². The Labute approximate surface area is 131 Å². The summed E-state index contributed by atoms with van der Waals surface area (Å²) in [4.78, 5) is 11.8. The molecule has 21 heavy (non-hydrogen) atoms. The Morgan fingerprint density at radius 2 is 2.38 bits per heavy atom. The van der Waals surface area contributed by atoms with Crippen molar-refractivity contribution in [1.82, 2.24) is 14.8 Å². The summed E-state index contributed by atoms with van der Waals surface area (Å²) in [6, 6.07) is 4.08. The van der Waals surface area contributed by atoms with Crippen molar-refractivity contribution in [3.63, 3.8) is 0 Å². The van der Waals surface area contributed by atoms with Crippen molar-refractivity contribution in [3.8, 4) is 10.7 Å². The number of methoxy groups -OCH3 is 1. The van der Waals surface area contributed by atoms with Crippen LogP contribution in [0.2, 0.25) is 0 Å². The van der Waals surface area contributed by atoms with Gasteiger partial charge < -0.3 is 9.84 Å². The van der Waals surface area contributed by atoms with Gasteiger partial charge in [-0.2, -0.15) is 0 Å². The second-order valence-electron chi connectivity index (χ2n) is 4.47. The van der Waals surface area contributed by atoms with Crippen LogP contribution in [0.15, 0.2) is 22.7 Å². The first-order valence-corrected chi connectivity index (χ1v) is 8.32. The smallest absolute Gasteiger partial charge is 0.313 e. The van der Waals surface area contributed by atoms with Crippen molar-refractivity contribution in [3.05, 3.63) is 17.5 Å². The molecule has 1 N–H and O–H groups in total. The Morgan fingerprint density at radius 3 is 3.00 bits per heavy atom. The number of carboxylic acids is 1. The second-order valence-corrected chi connectivity index (χ2v) is 6.36. The molecule has 0 saturated carbocycles. The van der Waals surface area contributed by atoms with Crippen molar-refractivity contribution >= 4 is 29.1 Å². The van der Waals surface area contributed by atoms with Gasteiger partial charge in [0.05, 0.1) is 10.6 Å². The summed E-state index contributed by atoms with van der Waals surface area (Å²) in [5, 5.41) is 19.8. The van der Waals surface area contributed by atoms with Crippen molar-refractivity contribution in [1.29, 1.82) is 0 Å². The van der Waals surface area contributed by atoms with Gasteiger partial charge in [0, 0.05) is 19.8 Å². The number of carbonyl (C=O) groups is 1. The van der Waals surface area contributed by atoms with E-state index in [1.807, 2.05) is 22.1 Å². The highest BCUT2D eigenvalue weighted by Gasteiger charge is 2.20. The molecule has 2 aromatic rings. The molecule has 0 saturated heterocycles. The fourth-order valence-electron chi connectivity index (χ4n) is 1.89. The van der Waals surface area contributed by atoms with Gasteiger partial charge in [-0.3, -0.25) is 9.36 Å². The summed E-state index contributed by atoms with van der Waals surface area (Å²) in [6.07, 6.45) is 0.813. The van der Waals surface area contributed by atoms with E-state index in [0.717, 1.165) is 17.1 Å². The normalized spacial score (nSPS) is 12.5. The Kier molecular flexibility index (Phi) is 5.77. The summed E-state index contributed by atoms with van der Waals surface area (Å²) >= 11 is 2.78. The molecule has 114 valence electrons. The molecule has 2 heterocycles. The Balaban J connectivity index is 2.30. The summed E-state index contributed by atoms with van der Waals surface area (Å²) in [5.41, 5.74) is 0. The number of thiophene rings is 1. The van der Waals surface area contributed by atoms with E-state index in [9.17, 15) is 4.79 Å². The first-order chi connectivity index (χ1) is 10.1. The molecule has 0 aliphatic heterocycles. The quantitative estimate of drug-likeness (QED) is 0.751. The van der Waals surface area contributed by atoms with Crippen molar-refractivity contribution in [2.45, 2.75) is 24.5 Å². The average molecular weight is 327 g/mol. The minimum absolute atomic E-state index is 0.0282. The van der Waals surface area contributed by atoms with Crippen LogP contribution in [-0.2, 0) is 9.53 Å². The molecule has 1 atom stereocenters. The first-order valence-electron chi connectivity index (χ1n) is 6.45. The number of rotatable bonds is 8. The van der Waals surface area contributed by atoms with Crippen LogP contribution < -0.4 is 0 Å². The summed E-state index contributed by atoms with van der Waals surface area (Å²) in [6.45, 7) is 2.69. The molecule has 6 nitrogen and oxygen atoms in total. The molecule has 0 aromatic carbocycles. The SMILES string of the molecule is COCCC(C)n1c(SCC(=O)O)nnc1-c1cccs1. The lowest BCUT2D eigenvalue weighted by atomic mass is 10.2. The molecule has 1 unspecified atom stereocenters. The number of carboxylic acid groups (broad SMARTS) is 1. The van der Waals surface area contributed by atoms with Crippen LogP contribution in [0.5, 0.6) is 0 Å². The van der Waals surface area contributed by atoms with Crippen LogP contribution in [-0.4, -0.2) is 45.3 Å². The molecule has 0 aliphatic carbocycles. The standard InChI is InChI=1S/C13H17N3O3S2/c1-9(5-6-19-2)16-12(10-4-3-7-20-10)14-15-13(16)21-8-11(17)18/h3-4,7,9H,5-6,8H2,1-2H3,(H,17,18). The van der Waals surface area contributed by atoms with Gasteiger partial charge in [-0.1, -0.05) is 17.8 Å². The number of thioether (sulfide) groups is 1. The Morgan fingerprint density at radius 1 is 1.57 bits per heavy atom. The van der Waals surface area contributed by atoms with Crippen molar-refractivity contribution in [2.24, 2.45) is 0 Å². The molecule has 0 bridgehead atoms. The van der Waals surface area contributed by atoms with E-state index in [2.05, 4.69) is 17.1 Å². The van der Waals surface area contributed by atoms with Gasteiger partial charge in [0.2, 0.25) is 0 Å². The average Bonchev–Trinajstić information content (AvgIpc) is 3.10. The number of hydrogen-bond donors (Lipinski definition) is 1. The van der Waals surface area contributed by atoms with Crippen LogP contribution in [0.25, 0.3) is 10.7 Å². The first kappa shape index (κ1) is 16.0. The molecule has 0 aliphatic rings.